The van der Waals surface area contributed by atoms with Gasteiger partial charge in [0.25, 0.3) is 5.71 Å². The Balaban J connectivity index is 1.93. The molecule has 0 saturated carbocycles. The van der Waals surface area contributed by atoms with Crippen LogP contribution < -0.4 is 5.32 Å². The zero-order chi connectivity index (χ0) is 17.1. The molecule has 1 aromatic carbocycles. The lowest BCUT2D eigenvalue weighted by atomic mass is 10.2. The topological polar surface area (TPSA) is 90.1 Å². The molecule has 124 valence electrons. The van der Waals surface area contributed by atoms with Crippen LogP contribution >= 0.6 is 11.6 Å². The van der Waals surface area contributed by atoms with E-state index in [0.29, 0.717) is 28.5 Å². The summed E-state index contributed by atoms with van der Waals surface area (Å²) in [5, 5.41) is 8.37. The Morgan fingerprint density at radius 3 is 2.75 bits per heavy atom. The zero-order valence-corrected chi connectivity index (χ0v) is 13.9. The fraction of sp³-hybridized carbons (Fsp3) is 0.250. The van der Waals surface area contributed by atoms with Crippen LogP contribution in [0.2, 0.25) is 5.02 Å². The first-order chi connectivity index (χ1) is 11.6. The molecule has 24 heavy (non-hydrogen) atoms. The van der Waals surface area contributed by atoms with Crippen LogP contribution in [-0.4, -0.2) is 27.7 Å². The molecule has 0 aliphatic carbocycles. The second-order valence-corrected chi connectivity index (χ2v) is 5.48. The zero-order valence-electron chi connectivity index (χ0n) is 13.2. The highest BCUT2D eigenvalue weighted by Gasteiger charge is 2.19. The number of carbonyl (C=O) groups is 1. The molecule has 2 heterocycles. The monoisotopic (exact) mass is 346 g/mol. The average molecular weight is 347 g/mol. The largest absolute Gasteiger partial charge is 0.460 e. The van der Waals surface area contributed by atoms with Gasteiger partial charge < -0.3 is 14.6 Å². The van der Waals surface area contributed by atoms with Crippen molar-refractivity contribution in [2.24, 2.45) is 0 Å². The third kappa shape index (κ3) is 3.30. The van der Waals surface area contributed by atoms with E-state index in [1.807, 2.05) is 24.3 Å². The van der Waals surface area contributed by atoms with Gasteiger partial charge in [-0.3, -0.25) is 0 Å². The Hall–Kier alpha value is -2.67. The molecule has 0 unspecified atom stereocenters. The van der Waals surface area contributed by atoms with Gasteiger partial charge in [-0.25, -0.2) is 9.78 Å². The molecule has 0 bridgehead atoms. The predicted molar refractivity (Wildman–Crippen MR) is 89.1 cm³/mol. The van der Waals surface area contributed by atoms with Gasteiger partial charge >= 0.3 is 5.97 Å². The van der Waals surface area contributed by atoms with Crippen molar-refractivity contribution in [1.29, 1.82) is 0 Å². The molecule has 3 aromatic rings. The lowest BCUT2D eigenvalue weighted by Crippen LogP contribution is -2.12. The van der Waals surface area contributed by atoms with Gasteiger partial charge in [0.2, 0.25) is 5.82 Å². The van der Waals surface area contributed by atoms with Crippen molar-refractivity contribution in [3.05, 3.63) is 46.4 Å². The molecule has 0 aliphatic rings. The number of aromatic nitrogens is 3. The average Bonchev–Trinajstić information content (AvgIpc) is 2.95. The summed E-state index contributed by atoms with van der Waals surface area (Å²) in [6.45, 7) is 4.24. The van der Waals surface area contributed by atoms with Crippen LogP contribution in [0.1, 0.15) is 28.8 Å². The summed E-state index contributed by atoms with van der Waals surface area (Å²) in [4.78, 5) is 20.2. The number of benzene rings is 1. The molecule has 0 fully saturated rings. The summed E-state index contributed by atoms with van der Waals surface area (Å²) in [7, 11) is 0. The Kier molecular flexibility index (Phi) is 4.61. The lowest BCUT2D eigenvalue weighted by molar-refractivity contribution is 0.0512. The van der Waals surface area contributed by atoms with E-state index in [4.69, 9.17) is 20.9 Å². The molecule has 8 heteroatoms. The van der Waals surface area contributed by atoms with Crippen LogP contribution in [0.15, 0.2) is 28.8 Å². The van der Waals surface area contributed by atoms with Gasteiger partial charge in [-0.15, -0.1) is 0 Å². The highest BCUT2D eigenvalue weighted by Crippen LogP contribution is 2.24. The molecule has 7 nitrogen and oxygen atoms in total. The van der Waals surface area contributed by atoms with Gasteiger partial charge in [0.15, 0.2) is 0 Å². The van der Waals surface area contributed by atoms with Gasteiger partial charge in [0.05, 0.1) is 12.3 Å². The Labute approximate surface area is 143 Å². The predicted octanol–water partition coefficient (Wildman–Crippen LogP) is 3.37. The Bertz CT molecular complexity index is 877. The summed E-state index contributed by atoms with van der Waals surface area (Å²) >= 11 is 5.89. The summed E-state index contributed by atoms with van der Waals surface area (Å²) in [5.74, 6) is -0.209. The second kappa shape index (κ2) is 6.84. The van der Waals surface area contributed by atoms with Crippen molar-refractivity contribution in [1.82, 2.24) is 15.1 Å². The lowest BCUT2D eigenvalue weighted by Gasteiger charge is -2.08. The molecule has 0 atom stereocenters. The first-order valence-corrected chi connectivity index (χ1v) is 7.75. The Morgan fingerprint density at radius 1 is 1.29 bits per heavy atom. The number of ether oxygens (including phenoxy) is 1. The summed E-state index contributed by atoms with van der Waals surface area (Å²) in [6, 6.07) is 7.42. The normalized spacial score (nSPS) is 10.8. The molecule has 3 rings (SSSR count). The number of esters is 1. The molecular weight excluding hydrogens is 332 g/mol. The minimum atomic E-state index is -0.608. The third-order valence-corrected chi connectivity index (χ3v) is 3.59. The van der Waals surface area contributed by atoms with Gasteiger partial charge in [-0.05, 0) is 31.5 Å². The van der Waals surface area contributed by atoms with Gasteiger partial charge in [-0.2, -0.15) is 4.98 Å². The number of rotatable bonds is 5. The molecule has 0 radical (unpaired) electrons. The van der Waals surface area contributed by atoms with E-state index in [9.17, 15) is 4.79 Å². The van der Waals surface area contributed by atoms with E-state index in [0.717, 1.165) is 5.56 Å². The smallest absolute Gasteiger partial charge is 0.376 e. The van der Waals surface area contributed by atoms with Gasteiger partial charge in [-0.1, -0.05) is 28.9 Å². The van der Waals surface area contributed by atoms with Crippen LogP contribution in [0.5, 0.6) is 0 Å². The summed E-state index contributed by atoms with van der Waals surface area (Å²) < 4.78 is 10.1. The van der Waals surface area contributed by atoms with E-state index in [-0.39, 0.29) is 18.1 Å². The molecule has 0 spiro atoms. The third-order valence-electron chi connectivity index (χ3n) is 3.34. The van der Waals surface area contributed by atoms with Gasteiger partial charge in [0, 0.05) is 11.6 Å². The van der Waals surface area contributed by atoms with Crippen LogP contribution in [0, 0.1) is 6.92 Å². The van der Waals surface area contributed by atoms with Crippen LogP contribution in [0.4, 0.5) is 5.82 Å². The fourth-order valence-corrected chi connectivity index (χ4v) is 2.32. The summed E-state index contributed by atoms with van der Waals surface area (Å²) in [5.41, 5.74) is 1.89. The second-order valence-electron chi connectivity index (χ2n) is 5.04. The highest BCUT2D eigenvalue weighted by molar-refractivity contribution is 6.30. The maximum absolute atomic E-state index is 11.9. The first-order valence-electron chi connectivity index (χ1n) is 7.38. The molecule has 0 amide bonds. The van der Waals surface area contributed by atoms with E-state index >= 15 is 0 Å². The molecule has 1 N–H and O–H groups in total. The van der Waals surface area contributed by atoms with Crippen molar-refractivity contribution in [3.63, 3.8) is 0 Å². The van der Waals surface area contributed by atoms with Gasteiger partial charge in [0.1, 0.15) is 11.2 Å². The minimum Gasteiger partial charge on any atom is -0.460 e. The number of nitrogens with one attached hydrogen (secondary N) is 1. The van der Waals surface area contributed by atoms with Crippen molar-refractivity contribution < 1.29 is 14.1 Å². The SMILES string of the molecule is CCOC(=O)c1nc(NCc2ccc(Cl)cc2)c2c(C)noc2n1. The number of hydrogen-bond acceptors (Lipinski definition) is 7. The van der Waals surface area contributed by atoms with Crippen LogP contribution in [-0.2, 0) is 11.3 Å². The maximum Gasteiger partial charge on any atom is 0.376 e. The van der Waals surface area contributed by atoms with Crippen LogP contribution in [0.25, 0.3) is 11.1 Å². The van der Waals surface area contributed by atoms with Crippen LogP contribution in [0.3, 0.4) is 0 Å². The van der Waals surface area contributed by atoms with Crippen molar-refractivity contribution in [3.8, 4) is 0 Å². The summed E-state index contributed by atoms with van der Waals surface area (Å²) in [6.07, 6.45) is 0. The standard InChI is InChI=1S/C16H15ClN4O3/c1-3-23-16(22)14-19-13(12-9(2)21-24-15(12)20-14)18-8-10-4-6-11(17)7-5-10/h4-7H,3,8H2,1-2H3,(H,18,19,20). The molecule has 0 aliphatic heterocycles. The number of fused-ring (bicyclic) bond motifs is 1. The van der Waals surface area contributed by atoms with Crippen molar-refractivity contribution in [2.45, 2.75) is 20.4 Å². The van der Waals surface area contributed by atoms with Crippen molar-refractivity contribution in [2.75, 3.05) is 11.9 Å². The number of anilines is 1. The molecular formula is C16H15ClN4O3. The van der Waals surface area contributed by atoms with E-state index in [1.54, 1.807) is 13.8 Å². The Morgan fingerprint density at radius 2 is 2.04 bits per heavy atom. The number of hydrogen-bond donors (Lipinski definition) is 1. The van der Waals surface area contributed by atoms with E-state index in [1.165, 1.54) is 0 Å². The number of halogens is 1. The minimum absolute atomic E-state index is 0.0703. The number of nitrogens with zero attached hydrogens (tertiary/aromatic N) is 3. The molecule has 0 saturated heterocycles. The highest BCUT2D eigenvalue weighted by atomic mass is 35.5. The van der Waals surface area contributed by atoms with E-state index in [2.05, 4.69) is 20.4 Å². The molecule has 2 aromatic heterocycles. The quantitative estimate of drug-likeness (QED) is 0.708. The maximum atomic E-state index is 11.9. The first kappa shape index (κ1) is 16.2. The van der Waals surface area contributed by atoms with Crippen molar-refractivity contribution >= 4 is 34.5 Å². The number of aryl methyl sites for hydroxylation is 1. The number of carbonyl (C=O) groups excluding carboxylic acids is 1. The van der Waals surface area contributed by atoms with E-state index < -0.39 is 5.97 Å². The fourth-order valence-electron chi connectivity index (χ4n) is 2.19.